The van der Waals surface area contributed by atoms with Crippen molar-refractivity contribution in [1.82, 2.24) is 0 Å². The Morgan fingerprint density at radius 3 is 2.53 bits per heavy atom. The van der Waals surface area contributed by atoms with E-state index in [1.165, 1.54) is 10.4 Å². The normalized spacial score (nSPS) is 10.4. The first kappa shape index (κ1) is 12.1. The first-order chi connectivity index (χ1) is 8.38. The quantitative estimate of drug-likeness (QED) is 0.852. The molecule has 2 nitrogen and oxygen atoms in total. The molecule has 0 aliphatic carbocycles. The van der Waals surface area contributed by atoms with Crippen molar-refractivity contribution in [3.63, 3.8) is 0 Å². The number of hydrogen-bond acceptors (Lipinski definition) is 3. The maximum atomic E-state index is 5.69. The van der Waals surface area contributed by atoms with Crippen molar-refractivity contribution >= 4 is 11.3 Å². The topological polar surface area (TPSA) is 35.2 Å². The summed E-state index contributed by atoms with van der Waals surface area (Å²) in [4.78, 5) is 1.37. The Labute approximate surface area is 106 Å². The number of thiophene rings is 1. The molecule has 1 aromatic heterocycles. The standard InChI is InChI=1S/C14H17NOS/c15-9-7-12-3-5-13(6-4-12)16-10-8-14-2-1-11-17-14/h1-6,11H,7-10,15H2. The summed E-state index contributed by atoms with van der Waals surface area (Å²) in [6.07, 6.45) is 1.90. The molecule has 90 valence electrons. The van der Waals surface area contributed by atoms with E-state index in [1.807, 2.05) is 12.1 Å². The van der Waals surface area contributed by atoms with Crippen LogP contribution in [-0.2, 0) is 12.8 Å². The zero-order chi connectivity index (χ0) is 11.9. The van der Waals surface area contributed by atoms with Gasteiger partial charge in [0.05, 0.1) is 6.61 Å². The van der Waals surface area contributed by atoms with Crippen molar-refractivity contribution in [2.45, 2.75) is 12.8 Å². The molecule has 2 aromatic rings. The van der Waals surface area contributed by atoms with Crippen LogP contribution in [0.25, 0.3) is 0 Å². The van der Waals surface area contributed by atoms with Gasteiger partial charge in [-0.05, 0) is 42.1 Å². The van der Waals surface area contributed by atoms with Gasteiger partial charge >= 0.3 is 0 Å². The molecule has 3 heteroatoms. The van der Waals surface area contributed by atoms with Crippen LogP contribution in [0.5, 0.6) is 5.75 Å². The molecule has 1 heterocycles. The highest BCUT2D eigenvalue weighted by Gasteiger charge is 1.97. The Balaban J connectivity index is 1.79. The first-order valence-corrected chi connectivity index (χ1v) is 6.70. The molecule has 17 heavy (non-hydrogen) atoms. The van der Waals surface area contributed by atoms with E-state index < -0.39 is 0 Å². The van der Waals surface area contributed by atoms with Gasteiger partial charge in [0.1, 0.15) is 5.75 Å². The van der Waals surface area contributed by atoms with Crippen LogP contribution in [0.2, 0.25) is 0 Å². The third-order valence-electron chi connectivity index (χ3n) is 2.55. The molecule has 0 aliphatic heterocycles. The Bertz CT molecular complexity index is 422. The minimum atomic E-state index is 0.693. The number of nitrogens with two attached hydrogens (primary N) is 1. The van der Waals surface area contributed by atoms with Gasteiger partial charge in [-0.1, -0.05) is 18.2 Å². The van der Waals surface area contributed by atoms with Crippen molar-refractivity contribution < 1.29 is 4.74 Å². The van der Waals surface area contributed by atoms with E-state index in [9.17, 15) is 0 Å². The molecule has 0 spiro atoms. The molecule has 1 aromatic carbocycles. The molecule has 0 radical (unpaired) electrons. The summed E-state index contributed by atoms with van der Waals surface area (Å²) in [5.74, 6) is 0.933. The summed E-state index contributed by atoms with van der Waals surface area (Å²) in [6.45, 7) is 1.43. The van der Waals surface area contributed by atoms with Gasteiger partial charge in [0.15, 0.2) is 0 Å². The highest BCUT2D eigenvalue weighted by Crippen LogP contribution is 2.14. The van der Waals surface area contributed by atoms with Gasteiger partial charge in [0.25, 0.3) is 0 Å². The second-order valence-corrected chi connectivity index (χ2v) is 4.89. The summed E-state index contributed by atoms with van der Waals surface area (Å²) in [7, 11) is 0. The van der Waals surface area contributed by atoms with Crippen LogP contribution < -0.4 is 10.5 Å². The average Bonchev–Trinajstić information content (AvgIpc) is 2.85. The van der Waals surface area contributed by atoms with E-state index in [4.69, 9.17) is 10.5 Å². The largest absolute Gasteiger partial charge is 0.493 e. The molecule has 0 saturated heterocycles. The average molecular weight is 247 g/mol. The van der Waals surface area contributed by atoms with E-state index in [1.54, 1.807) is 11.3 Å². The fourth-order valence-electron chi connectivity index (χ4n) is 1.64. The van der Waals surface area contributed by atoms with Crippen LogP contribution in [0, 0.1) is 0 Å². The van der Waals surface area contributed by atoms with Crippen LogP contribution in [0.1, 0.15) is 10.4 Å². The van der Waals surface area contributed by atoms with Crippen molar-refractivity contribution in [1.29, 1.82) is 0 Å². The minimum Gasteiger partial charge on any atom is -0.493 e. The molecule has 0 unspecified atom stereocenters. The van der Waals surface area contributed by atoms with E-state index >= 15 is 0 Å². The molecule has 2 N–H and O–H groups in total. The molecule has 0 saturated carbocycles. The van der Waals surface area contributed by atoms with Crippen molar-refractivity contribution in [3.05, 3.63) is 52.2 Å². The summed E-state index contributed by atoms with van der Waals surface area (Å²) >= 11 is 1.77. The number of ether oxygens (including phenoxy) is 1. The SMILES string of the molecule is NCCc1ccc(OCCc2cccs2)cc1. The van der Waals surface area contributed by atoms with E-state index in [-0.39, 0.29) is 0 Å². The summed E-state index contributed by atoms with van der Waals surface area (Å²) in [5, 5.41) is 2.09. The highest BCUT2D eigenvalue weighted by molar-refractivity contribution is 7.09. The van der Waals surface area contributed by atoms with E-state index in [0.717, 1.165) is 25.2 Å². The third-order valence-corrected chi connectivity index (χ3v) is 3.49. The predicted octanol–water partition coefficient (Wildman–Crippen LogP) is 2.87. The Kier molecular flexibility index (Phi) is 4.59. The summed E-state index contributed by atoms with van der Waals surface area (Å²) < 4.78 is 5.69. The third kappa shape index (κ3) is 3.88. The molecule has 2 rings (SSSR count). The Morgan fingerprint density at radius 1 is 1.06 bits per heavy atom. The maximum Gasteiger partial charge on any atom is 0.119 e. The maximum absolute atomic E-state index is 5.69. The van der Waals surface area contributed by atoms with Gasteiger partial charge in [-0.3, -0.25) is 0 Å². The van der Waals surface area contributed by atoms with Crippen molar-refractivity contribution in [3.8, 4) is 5.75 Å². The number of hydrogen-bond donors (Lipinski definition) is 1. The molecule has 0 atom stereocenters. The second-order valence-electron chi connectivity index (χ2n) is 3.86. The van der Waals surface area contributed by atoms with Crippen LogP contribution in [0.3, 0.4) is 0 Å². The molecule has 0 fully saturated rings. The smallest absolute Gasteiger partial charge is 0.119 e. The van der Waals surface area contributed by atoms with Gasteiger partial charge in [0, 0.05) is 11.3 Å². The second kappa shape index (κ2) is 6.42. The lowest BCUT2D eigenvalue weighted by Crippen LogP contribution is -2.03. The fourth-order valence-corrected chi connectivity index (χ4v) is 2.33. The molecular weight excluding hydrogens is 230 g/mol. The van der Waals surface area contributed by atoms with Crippen LogP contribution in [0.4, 0.5) is 0 Å². The lowest BCUT2D eigenvalue weighted by Gasteiger charge is -2.06. The Morgan fingerprint density at radius 2 is 1.88 bits per heavy atom. The van der Waals surface area contributed by atoms with Crippen molar-refractivity contribution in [2.24, 2.45) is 5.73 Å². The fraction of sp³-hybridized carbons (Fsp3) is 0.286. The molecule has 0 aliphatic rings. The predicted molar refractivity (Wildman–Crippen MR) is 72.7 cm³/mol. The zero-order valence-electron chi connectivity index (χ0n) is 9.76. The van der Waals surface area contributed by atoms with E-state index in [2.05, 4.69) is 29.6 Å². The monoisotopic (exact) mass is 247 g/mol. The summed E-state index contributed by atoms with van der Waals surface area (Å²) in [6, 6.07) is 12.4. The van der Waals surface area contributed by atoms with Crippen LogP contribution >= 0.6 is 11.3 Å². The lowest BCUT2D eigenvalue weighted by atomic mass is 10.1. The van der Waals surface area contributed by atoms with Crippen LogP contribution in [-0.4, -0.2) is 13.2 Å². The van der Waals surface area contributed by atoms with Gasteiger partial charge in [-0.2, -0.15) is 0 Å². The molecular formula is C14H17NOS. The lowest BCUT2D eigenvalue weighted by molar-refractivity contribution is 0.323. The molecule has 0 amide bonds. The first-order valence-electron chi connectivity index (χ1n) is 5.82. The minimum absolute atomic E-state index is 0.693. The van der Waals surface area contributed by atoms with Crippen molar-refractivity contribution in [2.75, 3.05) is 13.2 Å². The van der Waals surface area contributed by atoms with E-state index in [0.29, 0.717) is 6.54 Å². The zero-order valence-corrected chi connectivity index (χ0v) is 10.6. The molecule has 0 bridgehead atoms. The van der Waals surface area contributed by atoms with Gasteiger partial charge in [-0.15, -0.1) is 11.3 Å². The van der Waals surface area contributed by atoms with Gasteiger partial charge in [0.2, 0.25) is 0 Å². The van der Waals surface area contributed by atoms with Gasteiger partial charge < -0.3 is 10.5 Å². The Hall–Kier alpha value is -1.32. The number of rotatable bonds is 6. The van der Waals surface area contributed by atoms with Gasteiger partial charge in [-0.25, -0.2) is 0 Å². The number of benzene rings is 1. The van der Waals surface area contributed by atoms with Crippen LogP contribution in [0.15, 0.2) is 41.8 Å². The summed E-state index contributed by atoms with van der Waals surface area (Å²) in [5.41, 5.74) is 6.77. The highest BCUT2D eigenvalue weighted by atomic mass is 32.1.